The maximum absolute atomic E-state index is 12.0. The number of hydrogen-bond donors (Lipinski definition) is 2. The van der Waals surface area contributed by atoms with E-state index in [1.54, 1.807) is 25.1 Å². The summed E-state index contributed by atoms with van der Waals surface area (Å²) in [4.78, 5) is 23.3. The number of urea groups is 1. The van der Waals surface area contributed by atoms with Crippen LogP contribution < -0.4 is 10.6 Å². The minimum atomic E-state index is -0.373. The highest BCUT2D eigenvalue weighted by Gasteiger charge is 2.23. The predicted molar refractivity (Wildman–Crippen MR) is 92.7 cm³/mol. The molecular formula is C18H24N2O4. The lowest BCUT2D eigenvalue weighted by molar-refractivity contribution is -0.137. The van der Waals surface area contributed by atoms with Crippen molar-refractivity contribution in [2.75, 3.05) is 18.5 Å². The third-order valence-corrected chi connectivity index (χ3v) is 3.75. The lowest BCUT2D eigenvalue weighted by Crippen LogP contribution is -2.42. The second-order valence-corrected chi connectivity index (χ2v) is 5.65. The highest BCUT2D eigenvalue weighted by Crippen LogP contribution is 2.16. The summed E-state index contributed by atoms with van der Waals surface area (Å²) in [6.07, 6.45) is 5.15. The molecular weight excluding hydrogens is 308 g/mol. The van der Waals surface area contributed by atoms with E-state index in [-0.39, 0.29) is 24.1 Å². The molecule has 0 aromatic heterocycles. The summed E-state index contributed by atoms with van der Waals surface area (Å²) < 4.78 is 10.4. The molecule has 6 nitrogen and oxygen atoms in total. The fourth-order valence-electron chi connectivity index (χ4n) is 2.50. The van der Waals surface area contributed by atoms with Crippen molar-refractivity contribution in [2.24, 2.45) is 0 Å². The number of anilines is 1. The van der Waals surface area contributed by atoms with Crippen LogP contribution in [0.3, 0.4) is 0 Å². The second kappa shape index (κ2) is 9.08. The summed E-state index contributed by atoms with van der Waals surface area (Å²) in [7, 11) is 0. The molecule has 2 amide bonds. The zero-order valence-corrected chi connectivity index (χ0v) is 14.1. The zero-order chi connectivity index (χ0) is 17.4. The van der Waals surface area contributed by atoms with Crippen molar-refractivity contribution in [3.05, 3.63) is 35.9 Å². The van der Waals surface area contributed by atoms with Gasteiger partial charge in [0, 0.05) is 18.4 Å². The molecule has 1 aromatic carbocycles. The van der Waals surface area contributed by atoms with E-state index >= 15 is 0 Å². The molecule has 0 spiro atoms. The van der Waals surface area contributed by atoms with E-state index in [9.17, 15) is 9.59 Å². The van der Waals surface area contributed by atoms with Crippen molar-refractivity contribution < 1.29 is 19.1 Å². The second-order valence-electron chi connectivity index (χ2n) is 5.65. The Morgan fingerprint density at radius 3 is 2.75 bits per heavy atom. The number of benzene rings is 1. The predicted octanol–water partition coefficient (Wildman–Crippen LogP) is 2.95. The minimum Gasteiger partial charge on any atom is -0.463 e. The molecule has 1 fully saturated rings. The molecule has 2 N–H and O–H groups in total. The molecule has 24 heavy (non-hydrogen) atoms. The maximum Gasteiger partial charge on any atom is 0.330 e. The topological polar surface area (TPSA) is 76.7 Å². The number of hydrogen-bond acceptors (Lipinski definition) is 4. The number of nitrogens with one attached hydrogen (secondary N) is 2. The van der Waals surface area contributed by atoms with Crippen LogP contribution in [0.15, 0.2) is 30.3 Å². The van der Waals surface area contributed by atoms with Crippen molar-refractivity contribution in [2.45, 2.75) is 38.8 Å². The van der Waals surface area contributed by atoms with Crippen LogP contribution in [-0.2, 0) is 14.3 Å². The third-order valence-electron chi connectivity index (χ3n) is 3.75. The molecule has 6 heteroatoms. The van der Waals surface area contributed by atoms with Gasteiger partial charge >= 0.3 is 12.0 Å². The fourth-order valence-corrected chi connectivity index (χ4v) is 2.50. The van der Waals surface area contributed by atoms with Crippen molar-refractivity contribution in [3.8, 4) is 0 Å². The van der Waals surface area contributed by atoms with E-state index in [4.69, 9.17) is 9.47 Å². The molecule has 1 heterocycles. The Labute approximate surface area is 142 Å². The molecule has 2 atom stereocenters. The summed E-state index contributed by atoms with van der Waals surface area (Å²) in [5.74, 6) is -0.373. The molecule has 1 aliphatic heterocycles. The van der Waals surface area contributed by atoms with Gasteiger partial charge in [-0.1, -0.05) is 12.1 Å². The Morgan fingerprint density at radius 2 is 2.12 bits per heavy atom. The number of amides is 2. The Hall–Kier alpha value is -2.34. The molecule has 2 unspecified atom stereocenters. The first-order valence-corrected chi connectivity index (χ1v) is 8.22. The van der Waals surface area contributed by atoms with Gasteiger partial charge in [0.1, 0.15) is 0 Å². The normalized spacial score (nSPS) is 18.3. The molecule has 1 saturated heterocycles. The van der Waals surface area contributed by atoms with E-state index in [0.717, 1.165) is 25.0 Å². The Morgan fingerprint density at radius 1 is 1.38 bits per heavy atom. The number of carbonyl (C=O) groups excluding carboxylic acids is 2. The van der Waals surface area contributed by atoms with Crippen molar-refractivity contribution in [1.82, 2.24) is 5.32 Å². The average Bonchev–Trinajstić information content (AvgIpc) is 3.09. The molecule has 0 aliphatic carbocycles. The number of rotatable bonds is 6. The van der Waals surface area contributed by atoms with Crippen LogP contribution in [0.4, 0.5) is 10.5 Å². The number of carbonyl (C=O) groups is 2. The van der Waals surface area contributed by atoms with Gasteiger partial charge in [-0.2, -0.15) is 0 Å². The van der Waals surface area contributed by atoms with Gasteiger partial charge in [0.25, 0.3) is 0 Å². The molecule has 1 aliphatic rings. The van der Waals surface area contributed by atoms with Crippen molar-refractivity contribution >= 4 is 23.8 Å². The minimum absolute atomic E-state index is 0.0284. The van der Waals surface area contributed by atoms with Gasteiger partial charge in [0.15, 0.2) is 0 Å². The largest absolute Gasteiger partial charge is 0.463 e. The lowest BCUT2D eigenvalue weighted by Gasteiger charge is -2.20. The van der Waals surface area contributed by atoms with E-state index in [1.807, 2.05) is 19.1 Å². The average molecular weight is 332 g/mol. The molecule has 1 aromatic rings. The van der Waals surface area contributed by atoms with E-state index < -0.39 is 0 Å². The van der Waals surface area contributed by atoms with Gasteiger partial charge < -0.3 is 20.1 Å². The first-order valence-electron chi connectivity index (χ1n) is 8.22. The molecule has 0 saturated carbocycles. The quantitative estimate of drug-likeness (QED) is 0.620. The van der Waals surface area contributed by atoms with Gasteiger partial charge in [0.2, 0.25) is 0 Å². The van der Waals surface area contributed by atoms with E-state index in [1.165, 1.54) is 6.08 Å². The van der Waals surface area contributed by atoms with Gasteiger partial charge in [-0.3, -0.25) is 0 Å². The van der Waals surface area contributed by atoms with Gasteiger partial charge in [0.05, 0.1) is 18.8 Å². The lowest BCUT2D eigenvalue weighted by atomic mass is 10.1. The summed E-state index contributed by atoms with van der Waals surface area (Å²) in [6.45, 7) is 4.82. The fraction of sp³-hybridized carbons (Fsp3) is 0.444. The highest BCUT2D eigenvalue weighted by molar-refractivity contribution is 5.90. The standard InChI is InChI=1S/C18H24N2O4/c1-3-23-17(21)11-8-14-6-9-15(10-7-14)20-18(22)19-13(2)16-5-4-12-24-16/h6-11,13,16H,3-5,12H2,1-2H3,(H2,19,20,22)/b11-8+. The maximum atomic E-state index is 12.0. The van der Waals surface area contributed by atoms with Crippen molar-refractivity contribution in [1.29, 1.82) is 0 Å². The summed E-state index contributed by atoms with van der Waals surface area (Å²) in [5, 5.41) is 5.68. The SMILES string of the molecule is CCOC(=O)/C=C/c1ccc(NC(=O)NC(C)C2CCCO2)cc1. The third kappa shape index (κ3) is 5.70. The van der Waals surface area contributed by atoms with Gasteiger partial charge in [-0.15, -0.1) is 0 Å². The van der Waals surface area contributed by atoms with E-state index in [0.29, 0.717) is 12.3 Å². The summed E-state index contributed by atoms with van der Waals surface area (Å²) >= 11 is 0. The first kappa shape index (κ1) is 18.0. The molecule has 0 radical (unpaired) electrons. The van der Waals surface area contributed by atoms with Crippen LogP contribution in [0.1, 0.15) is 32.3 Å². The van der Waals surface area contributed by atoms with Gasteiger partial charge in [-0.25, -0.2) is 9.59 Å². The van der Waals surface area contributed by atoms with Crippen molar-refractivity contribution in [3.63, 3.8) is 0 Å². The van der Waals surface area contributed by atoms with Crippen LogP contribution in [0.5, 0.6) is 0 Å². The number of esters is 1. The monoisotopic (exact) mass is 332 g/mol. The Kier molecular flexibility index (Phi) is 6.81. The summed E-state index contributed by atoms with van der Waals surface area (Å²) in [6, 6.07) is 6.90. The first-order chi connectivity index (χ1) is 11.6. The van der Waals surface area contributed by atoms with Crippen LogP contribution in [0.25, 0.3) is 6.08 Å². The number of ether oxygens (including phenoxy) is 2. The van der Waals surface area contributed by atoms with E-state index in [2.05, 4.69) is 10.6 Å². The highest BCUT2D eigenvalue weighted by atomic mass is 16.5. The Balaban J connectivity index is 1.82. The summed E-state index contributed by atoms with van der Waals surface area (Å²) in [5.41, 5.74) is 1.53. The molecule has 0 bridgehead atoms. The van der Waals surface area contributed by atoms with Crippen LogP contribution in [0, 0.1) is 0 Å². The van der Waals surface area contributed by atoms with Crippen LogP contribution in [0.2, 0.25) is 0 Å². The smallest absolute Gasteiger partial charge is 0.330 e. The zero-order valence-electron chi connectivity index (χ0n) is 14.1. The van der Waals surface area contributed by atoms with Crippen LogP contribution >= 0.6 is 0 Å². The van der Waals surface area contributed by atoms with Crippen LogP contribution in [-0.4, -0.2) is 37.4 Å². The molecule has 130 valence electrons. The Bertz CT molecular complexity index is 577. The molecule has 2 rings (SSSR count). The van der Waals surface area contributed by atoms with Gasteiger partial charge in [-0.05, 0) is 50.5 Å².